The Labute approximate surface area is 180 Å². The Morgan fingerprint density at radius 2 is 1.44 bits per heavy atom. The number of benzene rings is 1. The van der Waals surface area contributed by atoms with E-state index in [2.05, 4.69) is 6.92 Å². The topological polar surface area (TPSA) is 52.6 Å². The van der Waals surface area contributed by atoms with E-state index in [0.29, 0.717) is 19.4 Å². The van der Waals surface area contributed by atoms with Gasteiger partial charge >= 0.3 is 11.9 Å². The number of ether oxygens (including phenoxy) is 2. The van der Waals surface area contributed by atoms with Crippen LogP contribution in [0.3, 0.4) is 0 Å². The van der Waals surface area contributed by atoms with Crippen molar-refractivity contribution in [3.05, 3.63) is 26.2 Å². The molecule has 0 aromatic heterocycles. The zero-order valence-electron chi connectivity index (χ0n) is 15.3. The van der Waals surface area contributed by atoms with Gasteiger partial charge in [-0.1, -0.05) is 79.0 Å². The van der Waals surface area contributed by atoms with Gasteiger partial charge in [-0.25, -0.2) is 0 Å². The molecule has 0 N–H and O–H groups in total. The average molecular weight is 458 g/mol. The van der Waals surface area contributed by atoms with Gasteiger partial charge in [-0.05, 0) is 25.3 Å². The molecule has 1 aromatic carbocycles. The van der Waals surface area contributed by atoms with Gasteiger partial charge in [0, 0.05) is 12.8 Å². The molecule has 4 nitrogen and oxygen atoms in total. The average Bonchev–Trinajstić information content (AvgIpc) is 2.63. The molecule has 0 aliphatic heterocycles. The maximum Gasteiger partial charge on any atom is 0.311 e. The van der Waals surface area contributed by atoms with Crippen LogP contribution in [0, 0.1) is 0 Å². The second-order valence-electron chi connectivity index (χ2n) is 6.11. The molecule has 0 fully saturated rings. The minimum Gasteiger partial charge on any atom is -0.466 e. The number of esters is 2. The summed E-state index contributed by atoms with van der Waals surface area (Å²) in [6, 6.07) is 1.36. The van der Waals surface area contributed by atoms with Crippen molar-refractivity contribution < 1.29 is 19.1 Å². The Balaban J connectivity index is 2.23. The van der Waals surface area contributed by atoms with Gasteiger partial charge in [0.2, 0.25) is 0 Å². The zero-order valence-corrected chi connectivity index (χ0v) is 18.3. The summed E-state index contributed by atoms with van der Waals surface area (Å²) in [6.45, 7) is 2.61. The van der Waals surface area contributed by atoms with Gasteiger partial charge in [0.1, 0.15) is 5.02 Å². The number of rotatable bonds is 12. The van der Waals surface area contributed by atoms with Gasteiger partial charge in [0.25, 0.3) is 0 Å². The second kappa shape index (κ2) is 13.5. The number of hydrogen-bond donors (Lipinski definition) is 0. The Bertz CT molecular complexity index is 635. The van der Waals surface area contributed by atoms with Crippen molar-refractivity contribution in [3.63, 3.8) is 0 Å². The van der Waals surface area contributed by atoms with Gasteiger partial charge < -0.3 is 9.47 Å². The molecule has 1 rings (SSSR count). The number of carbonyl (C=O) groups is 2. The Kier molecular flexibility index (Phi) is 12.2. The van der Waals surface area contributed by atoms with Gasteiger partial charge in [0.15, 0.2) is 5.75 Å². The lowest BCUT2D eigenvalue weighted by Crippen LogP contribution is -2.10. The summed E-state index contributed by atoms with van der Waals surface area (Å²) in [5, 5.41) is 0.341. The molecule has 152 valence electrons. The first-order chi connectivity index (χ1) is 12.9. The SMILES string of the molecule is CCCCCCCOC(=O)CCCCC(=O)Oc1c(Cl)cc(Cl)c(Cl)c1Cl. The molecule has 1 aromatic rings. The lowest BCUT2D eigenvalue weighted by Gasteiger charge is -2.10. The Hall–Kier alpha value is -0.680. The molecule has 0 aliphatic rings. The van der Waals surface area contributed by atoms with Gasteiger partial charge in [-0.15, -0.1) is 0 Å². The van der Waals surface area contributed by atoms with Crippen molar-refractivity contribution in [2.24, 2.45) is 0 Å². The van der Waals surface area contributed by atoms with Crippen molar-refractivity contribution >= 4 is 58.3 Å². The molecule has 0 spiro atoms. The van der Waals surface area contributed by atoms with Crippen molar-refractivity contribution in [3.8, 4) is 5.75 Å². The third-order valence-corrected chi connectivity index (χ3v) is 5.34. The van der Waals surface area contributed by atoms with Crippen LogP contribution in [0.25, 0.3) is 0 Å². The molecule has 27 heavy (non-hydrogen) atoms. The van der Waals surface area contributed by atoms with Crippen LogP contribution in [-0.2, 0) is 14.3 Å². The minimum absolute atomic E-state index is 0.00923. The molecule has 0 aliphatic carbocycles. The quantitative estimate of drug-likeness (QED) is 0.109. The highest BCUT2D eigenvalue weighted by Crippen LogP contribution is 2.42. The normalized spacial score (nSPS) is 10.7. The molecule has 0 radical (unpaired) electrons. The van der Waals surface area contributed by atoms with Crippen molar-refractivity contribution in [1.29, 1.82) is 0 Å². The highest BCUT2D eigenvalue weighted by molar-refractivity contribution is 6.50. The van der Waals surface area contributed by atoms with E-state index in [0.717, 1.165) is 12.8 Å². The predicted molar refractivity (Wildman–Crippen MR) is 110 cm³/mol. The van der Waals surface area contributed by atoms with E-state index in [4.69, 9.17) is 55.9 Å². The summed E-state index contributed by atoms with van der Waals surface area (Å²) in [5.74, 6) is -0.767. The maximum absolute atomic E-state index is 11.9. The minimum atomic E-state index is -0.513. The van der Waals surface area contributed by atoms with E-state index in [9.17, 15) is 9.59 Å². The first kappa shape index (κ1) is 24.4. The summed E-state index contributed by atoms with van der Waals surface area (Å²) in [4.78, 5) is 23.5. The van der Waals surface area contributed by atoms with E-state index < -0.39 is 5.97 Å². The smallest absolute Gasteiger partial charge is 0.311 e. The molecule has 0 atom stereocenters. The van der Waals surface area contributed by atoms with Crippen molar-refractivity contribution in [1.82, 2.24) is 0 Å². The molecule has 0 saturated heterocycles. The zero-order chi connectivity index (χ0) is 20.2. The fourth-order valence-electron chi connectivity index (χ4n) is 2.31. The van der Waals surface area contributed by atoms with Crippen LogP contribution >= 0.6 is 46.4 Å². The molecule has 0 amide bonds. The maximum atomic E-state index is 11.9. The Morgan fingerprint density at radius 1 is 0.815 bits per heavy atom. The summed E-state index contributed by atoms with van der Waals surface area (Å²) in [5.41, 5.74) is 0. The molecule has 8 heteroatoms. The lowest BCUT2D eigenvalue weighted by atomic mass is 10.2. The van der Waals surface area contributed by atoms with Crippen LogP contribution in [0.2, 0.25) is 20.1 Å². The van der Waals surface area contributed by atoms with Crippen LogP contribution in [0.5, 0.6) is 5.75 Å². The first-order valence-electron chi connectivity index (χ1n) is 9.06. The molecular weight excluding hydrogens is 434 g/mol. The monoisotopic (exact) mass is 456 g/mol. The summed E-state index contributed by atoms with van der Waals surface area (Å²) in [7, 11) is 0. The first-order valence-corrected chi connectivity index (χ1v) is 10.6. The van der Waals surface area contributed by atoms with Crippen LogP contribution in [0.1, 0.15) is 64.7 Å². The third-order valence-electron chi connectivity index (χ3n) is 3.81. The van der Waals surface area contributed by atoms with Gasteiger partial charge in [-0.2, -0.15) is 0 Å². The fraction of sp³-hybridized carbons (Fsp3) is 0.579. The molecule has 0 unspecified atom stereocenters. The van der Waals surface area contributed by atoms with Crippen LogP contribution in [0.4, 0.5) is 0 Å². The van der Waals surface area contributed by atoms with Crippen LogP contribution < -0.4 is 4.74 Å². The molecular formula is C19H24Cl4O4. The highest BCUT2D eigenvalue weighted by atomic mass is 35.5. The molecule has 0 heterocycles. The predicted octanol–water partition coefficient (Wildman–Crippen LogP) is 7.28. The van der Waals surface area contributed by atoms with Crippen LogP contribution in [-0.4, -0.2) is 18.5 Å². The lowest BCUT2D eigenvalue weighted by molar-refractivity contribution is -0.144. The fourth-order valence-corrected chi connectivity index (χ4v) is 3.29. The van der Waals surface area contributed by atoms with Gasteiger partial charge in [0.05, 0.1) is 21.7 Å². The van der Waals surface area contributed by atoms with Gasteiger partial charge in [-0.3, -0.25) is 9.59 Å². The van der Waals surface area contributed by atoms with Crippen molar-refractivity contribution in [2.75, 3.05) is 6.61 Å². The van der Waals surface area contributed by atoms with E-state index in [-0.39, 0.29) is 44.7 Å². The number of halogens is 4. The highest BCUT2D eigenvalue weighted by Gasteiger charge is 2.18. The Morgan fingerprint density at radius 3 is 2.11 bits per heavy atom. The van der Waals surface area contributed by atoms with Crippen molar-refractivity contribution in [2.45, 2.75) is 64.7 Å². The third kappa shape index (κ3) is 9.38. The van der Waals surface area contributed by atoms with Crippen LogP contribution in [0.15, 0.2) is 6.07 Å². The number of carbonyl (C=O) groups excluding carboxylic acids is 2. The van der Waals surface area contributed by atoms with E-state index in [1.54, 1.807) is 0 Å². The second-order valence-corrected chi connectivity index (χ2v) is 7.68. The number of hydrogen-bond acceptors (Lipinski definition) is 4. The number of unbranched alkanes of at least 4 members (excludes halogenated alkanes) is 5. The summed E-state index contributed by atoms with van der Waals surface area (Å²) in [6.07, 6.45) is 6.95. The standard InChI is InChI=1S/C19H24Cl4O4/c1-2-3-4-5-8-11-26-15(24)9-6-7-10-16(25)27-19-14(21)12-13(20)17(22)18(19)23/h12H,2-11H2,1H3. The van der Waals surface area contributed by atoms with E-state index in [1.165, 1.54) is 25.3 Å². The molecule has 0 bridgehead atoms. The largest absolute Gasteiger partial charge is 0.466 e. The summed E-state index contributed by atoms with van der Waals surface area (Å²) >= 11 is 23.7. The van der Waals surface area contributed by atoms with E-state index >= 15 is 0 Å². The van der Waals surface area contributed by atoms with E-state index in [1.807, 2.05) is 0 Å². The molecule has 0 saturated carbocycles. The summed E-state index contributed by atoms with van der Waals surface area (Å²) < 4.78 is 10.3.